The fourth-order valence-electron chi connectivity index (χ4n) is 1.96. The van der Waals surface area contributed by atoms with Crippen molar-refractivity contribution in [2.75, 3.05) is 13.1 Å². The number of nitrogens with one attached hydrogen (secondary N) is 1. The predicted octanol–water partition coefficient (Wildman–Crippen LogP) is 1.05. The van der Waals surface area contributed by atoms with Gasteiger partial charge < -0.3 is 15.8 Å². The zero-order valence-corrected chi connectivity index (χ0v) is 10.6. The van der Waals surface area contributed by atoms with Crippen molar-refractivity contribution in [3.8, 4) is 0 Å². The number of hydrogen-bond acceptors (Lipinski definition) is 4. The summed E-state index contributed by atoms with van der Waals surface area (Å²) >= 11 is 0. The lowest BCUT2D eigenvalue weighted by molar-refractivity contribution is -0.156. The van der Waals surface area contributed by atoms with E-state index in [-0.39, 0.29) is 5.97 Å². The molecule has 1 aliphatic heterocycles. The first-order valence-corrected chi connectivity index (χ1v) is 6.07. The Hall–Kier alpha value is -0.610. The van der Waals surface area contributed by atoms with Crippen LogP contribution in [0.4, 0.5) is 0 Å². The third-order valence-electron chi connectivity index (χ3n) is 2.70. The van der Waals surface area contributed by atoms with Crippen molar-refractivity contribution < 1.29 is 9.53 Å². The molecule has 94 valence electrons. The van der Waals surface area contributed by atoms with Crippen LogP contribution in [-0.2, 0) is 9.53 Å². The number of carbonyl (C=O) groups is 1. The van der Waals surface area contributed by atoms with Crippen molar-refractivity contribution in [2.45, 2.75) is 51.7 Å². The van der Waals surface area contributed by atoms with Crippen molar-refractivity contribution in [3.63, 3.8) is 0 Å². The van der Waals surface area contributed by atoms with Crippen LogP contribution in [0.2, 0.25) is 0 Å². The Balaban J connectivity index is 2.33. The molecule has 4 heteroatoms. The van der Waals surface area contributed by atoms with E-state index in [1.54, 1.807) is 0 Å². The number of piperidine rings is 1. The summed E-state index contributed by atoms with van der Waals surface area (Å²) in [5, 5.41) is 3.32. The molecule has 0 aromatic heterocycles. The van der Waals surface area contributed by atoms with Gasteiger partial charge in [0.15, 0.2) is 0 Å². The molecule has 1 aliphatic rings. The predicted molar refractivity (Wildman–Crippen MR) is 64.0 cm³/mol. The van der Waals surface area contributed by atoms with Crippen molar-refractivity contribution in [1.29, 1.82) is 0 Å². The summed E-state index contributed by atoms with van der Waals surface area (Å²) in [5.74, 6) is 0.231. The summed E-state index contributed by atoms with van der Waals surface area (Å²) in [6, 6.07) is -0.482. The summed E-state index contributed by atoms with van der Waals surface area (Å²) in [7, 11) is 0. The Bertz CT molecular complexity index is 230. The maximum absolute atomic E-state index is 11.7. The average molecular weight is 228 g/mol. The van der Waals surface area contributed by atoms with Crippen LogP contribution in [0.25, 0.3) is 0 Å². The third kappa shape index (κ3) is 4.94. The van der Waals surface area contributed by atoms with Crippen LogP contribution in [0, 0.1) is 5.92 Å². The first-order chi connectivity index (χ1) is 7.38. The number of carbonyl (C=O) groups excluding carboxylic acids is 1. The van der Waals surface area contributed by atoms with E-state index in [2.05, 4.69) is 5.32 Å². The molecule has 2 atom stereocenters. The van der Waals surface area contributed by atoms with E-state index >= 15 is 0 Å². The van der Waals surface area contributed by atoms with Crippen molar-refractivity contribution in [2.24, 2.45) is 11.7 Å². The van der Waals surface area contributed by atoms with E-state index in [1.165, 1.54) is 6.42 Å². The SMILES string of the molecule is CC(C)(C)OC(=O)[C@@H](N)C[C@H]1CCCNC1. The van der Waals surface area contributed by atoms with Gasteiger partial charge in [-0.3, -0.25) is 4.79 Å². The molecule has 0 bridgehead atoms. The second kappa shape index (κ2) is 5.64. The van der Waals surface area contributed by atoms with Crippen LogP contribution < -0.4 is 11.1 Å². The number of rotatable bonds is 3. The van der Waals surface area contributed by atoms with Gasteiger partial charge in [0.25, 0.3) is 0 Å². The molecule has 1 fully saturated rings. The normalized spacial score (nSPS) is 23.9. The standard InChI is InChI=1S/C12H24N2O2/c1-12(2,3)16-11(15)10(13)7-9-5-4-6-14-8-9/h9-10,14H,4-8,13H2,1-3H3/t9-,10+/m1/s1. The van der Waals surface area contributed by atoms with Gasteiger partial charge in [0.1, 0.15) is 11.6 Å². The summed E-state index contributed by atoms with van der Waals surface area (Å²) < 4.78 is 5.26. The second-order valence-corrected chi connectivity index (χ2v) is 5.59. The molecule has 0 aromatic rings. The fraction of sp³-hybridized carbons (Fsp3) is 0.917. The van der Waals surface area contributed by atoms with Crippen LogP contribution in [0.15, 0.2) is 0 Å². The minimum absolute atomic E-state index is 0.280. The molecule has 3 N–H and O–H groups in total. The van der Waals surface area contributed by atoms with Gasteiger partial charge >= 0.3 is 5.97 Å². The Morgan fingerprint density at radius 2 is 2.25 bits per heavy atom. The molecule has 0 spiro atoms. The summed E-state index contributed by atoms with van der Waals surface area (Å²) in [5.41, 5.74) is 5.41. The monoisotopic (exact) mass is 228 g/mol. The molecule has 4 nitrogen and oxygen atoms in total. The Morgan fingerprint density at radius 3 is 2.75 bits per heavy atom. The van der Waals surface area contributed by atoms with E-state index in [0.29, 0.717) is 5.92 Å². The van der Waals surface area contributed by atoms with E-state index in [1.807, 2.05) is 20.8 Å². The number of ether oxygens (including phenoxy) is 1. The number of esters is 1. The lowest BCUT2D eigenvalue weighted by Gasteiger charge is -2.26. The zero-order chi connectivity index (χ0) is 12.2. The van der Waals surface area contributed by atoms with Crippen LogP contribution in [0.1, 0.15) is 40.0 Å². The van der Waals surface area contributed by atoms with Crippen molar-refractivity contribution in [3.05, 3.63) is 0 Å². The minimum Gasteiger partial charge on any atom is -0.459 e. The summed E-state index contributed by atoms with van der Waals surface area (Å²) in [6.07, 6.45) is 3.05. The zero-order valence-electron chi connectivity index (χ0n) is 10.6. The third-order valence-corrected chi connectivity index (χ3v) is 2.70. The van der Waals surface area contributed by atoms with E-state index < -0.39 is 11.6 Å². The molecule has 0 radical (unpaired) electrons. The van der Waals surface area contributed by atoms with Crippen LogP contribution in [-0.4, -0.2) is 30.7 Å². The van der Waals surface area contributed by atoms with Crippen molar-refractivity contribution in [1.82, 2.24) is 5.32 Å². The smallest absolute Gasteiger partial charge is 0.323 e. The molecule has 1 rings (SSSR count). The maximum Gasteiger partial charge on any atom is 0.323 e. The van der Waals surface area contributed by atoms with Crippen LogP contribution >= 0.6 is 0 Å². The van der Waals surface area contributed by atoms with E-state index in [9.17, 15) is 4.79 Å². The van der Waals surface area contributed by atoms with Gasteiger partial charge in [-0.15, -0.1) is 0 Å². The van der Waals surface area contributed by atoms with Gasteiger partial charge in [-0.25, -0.2) is 0 Å². The Kier molecular flexibility index (Phi) is 4.74. The molecular weight excluding hydrogens is 204 g/mol. The van der Waals surface area contributed by atoms with Gasteiger partial charge in [-0.2, -0.15) is 0 Å². The van der Waals surface area contributed by atoms with Gasteiger partial charge in [0.2, 0.25) is 0 Å². The van der Waals surface area contributed by atoms with Crippen LogP contribution in [0.3, 0.4) is 0 Å². The highest BCUT2D eigenvalue weighted by Gasteiger charge is 2.25. The van der Waals surface area contributed by atoms with Gasteiger partial charge in [-0.1, -0.05) is 0 Å². The summed E-state index contributed by atoms with van der Waals surface area (Å²) in [6.45, 7) is 7.63. The molecule has 1 heterocycles. The molecule has 0 aromatic carbocycles. The first-order valence-electron chi connectivity index (χ1n) is 6.07. The highest BCUT2D eigenvalue weighted by Crippen LogP contribution is 2.17. The molecule has 0 amide bonds. The fourth-order valence-corrected chi connectivity index (χ4v) is 1.96. The van der Waals surface area contributed by atoms with Gasteiger partial charge in [0, 0.05) is 0 Å². The maximum atomic E-state index is 11.7. The topological polar surface area (TPSA) is 64.3 Å². The molecule has 16 heavy (non-hydrogen) atoms. The Morgan fingerprint density at radius 1 is 1.56 bits per heavy atom. The number of hydrogen-bond donors (Lipinski definition) is 2. The molecule has 0 saturated carbocycles. The van der Waals surface area contributed by atoms with Gasteiger partial charge in [0.05, 0.1) is 0 Å². The largest absolute Gasteiger partial charge is 0.459 e. The molecule has 0 aliphatic carbocycles. The molecule has 0 unspecified atom stereocenters. The minimum atomic E-state index is -0.482. The molecule has 1 saturated heterocycles. The van der Waals surface area contributed by atoms with E-state index in [4.69, 9.17) is 10.5 Å². The van der Waals surface area contributed by atoms with E-state index in [0.717, 1.165) is 25.9 Å². The molecular formula is C12H24N2O2. The highest BCUT2D eigenvalue weighted by molar-refractivity contribution is 5.75. The average Bonchev–Trinajstić information content (AvgIpc) is 2.16. The quantitative estimate of drug-likeness (QED) is 0.709. The highest BCUT2D eigenvalue weighted by atomic mass is 16.6. The van der Waals surface area contributed by atoms with Crippen LogP contribution in [0.5, 0.6) is 0 Å². The first kappa shape index (κ1) is 13.5. The lowest BCUT2D eigenvalue weighted by atomic mass is 9.93. The number of nitrogens with two attached hydrogens (primary N) is 1. The lowest BCUT2D eigenvalue weighted by Crippen LogP contribution is -2.41. The van der Waals surface area contributed by atoms with Crippen molar-refractivity contribution >= 4 is 5.97 Å². The summed E-state index contributed by atoms with van der Waals surface area (Å²) in [4.78, 5) is 11.7. The van der Waals surface area contributed by atoms with Gasteiger partial charge in [-0.05, 0) is 59.0 Å². The second-order valence-electron chi connectivity index (χ2n) is 5.59. The Labute approximate surface area is 97.9 Å².